The van der Waals surface area contributed by atoms with E-state index in [2.05, 4.69) is 27.6 Å². The summed E-state index contributed by atoms with van der Waals surface area (Å²) < 4.78 is 19.8. The molecule has 1 aliphatic rings. The van der Waals surface area contributed by atoms with Gasteiger partial charge in [0.2, 0.25) is 5.90 Å². The highest BCUT2D eigenvalue weighted by Crippen LogP contribution is 2.21. The molecule has 0 bridgehead atoms. The number of benzene rings is 2. The van der Waals surface area contributed by atoms with Gasteiger partial charge in [0.15, 0.2) is 5.70 Å². The number of rotatable bonds is 2. The van der Waals surface area contributed by atoms with Crippen LogP contribution in [-0.4, -0.2) is 11.9 Å². The predicted molar refractivity (Wildman–Crippen MR) is 86.2 cm³/mol. The molecule has 0 aromatic heterocycles. The molecule has 2 aromatic carbocycles. The number of esters is 1. The van der Waals surface area contributed by atoms with Crippen molar-refractivity contribution in [2.24, 2.45) is 4.99 Å². The molecule has 104 valence electrons. The molecule has 0 amide bonds. The van der Waals surface area contributed by atoms with Crippen molar-refractivity contribution in [1.29, 1.82) is 0 Å². The van der Waals surface area contributed by atoms with E-state index in [0.717, 1.165) is 9.13 Å². The van der Waals surface area contributed by atoms with Crippen molar-refractivity contribution in [3.63, 3.8) is 0 Å². The molecule has 0 spiro atoms. The van der Waals surface area contributed by atoms with Crippen LogP contribution in [0.3, 0.4) is 0 Å². The Bertz CT molecular complexity index is 783. The largest absolute Gasteiger partial charge is 0.402 e. The lowest BCUT2D eigenvalue weighted by Gasteiger charge is -1.99. The van der Waals surface area contributed by atoms with Crippen LogP contribution in [0.1, 0.15) is 11.1 Å². The number of nitrogens with zero attached hydrogens (tertiary/aromatic N) is 1. The maximum Gasteiger partial charge on any atom is 0.363 e. The molecule has 21 heavy (non-hydrogen) atoms. The Balaban J connectivity index is 1.98. The number of carbonyl (C=O) groups is 1. The predicted octanol–water partition coefficient (Wildman–Crippen LogP) is 3.77. The van der Waals surface area contributed by atoms with Gasteiger partial charge in [0.25, 0.3) is 0 Å². The third-order valence-electron chi connectivity index (χ3n) is 2.88. The van der Waals surface area contributed by atoms with Crippen molar-refractivity contribution in [3.05, 3.63) is 74.7 Å². The standard InChI is InChI=1S/C16H9FINO2/c17-13-7-2-1-6-12(13)15-19-14(16(20)21-15)9-10-4-3-5-11(18)8-10/h1-9H. The van der Waals surface area contributed by atoms with Crippen LogP contribution < -0.4 is 0 Å². The number of hydrogen-bond acceptors (Lipinski definition) is 3. The van der Waals surface area contributed by atoms with Crippen molar-refractivity contribution in [2.75, 3.05) is 0 Å². The third kappa shape index (κ3) is 3.02. The minimum Gasteiger partial charge on any atom is -0.402 e. The third-order valence-corrected chi connectivity index (χ3v) is 3.55. The molecule has 0 saturated carbocycles. The topological polar surface area (TPSA) is 38.7 Å². The fraction of sp³-hybridized carbons (Fsp3) is 0. The van der Waals surface area contributed by atoms with E-state index in [9.17, 15) is 9.18 Å². The van der Waals surface area contributed by atoms with Crippen molar-refractivity contribution in [3.8, 4) is 0 Å². The fourth-order valence-electron chi connectivity index (χ4n) is 1.91. The van der Waals surface area contributed by atoms with E-state index in [4.69, 9.17) is 4.74 Å². The molecule has 0 atom stereocenters. The summed E-state index contributed by atoms with van der Waals surface area (Å²) in [5.74, 6) is -1.05. The normalized spacial score (nSPS) is 16.0. The summed E-state index contributed by atoms with van der Waals surface area (Å²) in [5.41, 5.74) is 1.18. The highest BCUT2D eigenvalue weighted by atomic mass is 127. The summed E-state index contributed by atoms with van der Waals surface area (Å²) in [6.07, 6.45) is 1.62. The zero-order valence-electron chi connectivity index (χ0n) is 10.7. The zero-order valence-corrected chi connectivity index (χ0v) is 12.9. The summed E-state index contributed by atoms with van der Waals surface area (Å²) in [5, 5.41) is 0. The van der Waals surface area contributed by atoms with E-state index in [1.165, 1.54) is 12.1 Å². The smallest absolute Gasteiger partial charge is 0.363 e. The molecule has 3 rings (SSSR count). The van der Waals surface area contributed by atoms with Crippen molar-refractivity contribution in [2.45, 2.75) is 0 Å². The first-order valence-electron chi connectivity index (χ1n) is 6.16. The first-order chi connectivity index (χ1) is 10.1. The molecule has 0 fully saturated rings. The maximum absolute atomic E-state index is 13.7. The van der Waals surface area contributed by atoms with Gasteiger partial charge < -0.3 is 4.74 Å². The number of cyclic esters (lactones) is 1. The van der Waals surface area contributed by atoms with Crippen LogP contribution in [0.2, 0.25) is 0 Å². The second-order valence-corrected chi connectivity index (χ2v) is 5.62. The summed E-state index contributed by atoms with van der Waals surface area (Å²) in [6.45, 7) is 0. The second kappa shape index (κ2) is 5.77. The Labute approximate surface area is 134 Å². The Morgan fingerprint density at radius 1 is 1.14 bits per heavy atom. The van der Waals surface area contributed by atoms with Gasteiger partial charge in [0.05, 0.1) is 5.56 Å². The van der Waals surface area contributed by atoms with Gasteiger partial charge in [-0.2, -0.15) is 0 Å². The maximum atomic E-state index is 13.7. The number of aliphatic imine (C=N–C) groups is 1. The first-order valence-corrected chi connectivity index (χ1v) is 7.24. The minimum absolute atomic E-state index is 0.00465. The van der Waals surface area contributed by atoms with Crippen LogP contribution in [0.4, 0.5) is 4.39 Å². The Morgan fingerprint density at radius 2 is 1.95 bits per heavy atom. The van der Waals surface area contributed by atoms with Crippen LogP contribution in [-0.2, 0) is 9.53 Å². The van der Waals surface area contributed by atoms with E-state index in [1.807, 2.05) is 24.3 Å². The number of halogens is 2. The molecular weight excluding hydrogens is 384 g/mol. The van der Waals surface area contributed by atoms with Gasteiger partial charge in [-0.05, 0) is 58.5 Å². The van der Waals surface area contributed by atoms with E-state index >= 15 is 0 Å². The second-order valence-electron chi connectivity index (χ2n) is 4.37. The SMILES string of the molecule is O=C1OC(c2ccccc2F)=NC1=Cc1cccc(I)c1. The number of ether oxygens (including phenoxy) is 1. The number of hydrogen-bond donors (Lipinski definition) is 0. The minimum atomic E-state index is -0.577. The highest BCUT2D eigenvalue weighted by Gasteiger charge is 2.25. The van der Waals surface area contributed by atoms with Crippen LogP contribution in [0.25, 0.3) is 6.08 Å². The fourth-order valence-corrected chi connectivity index (χ4v) is 2.48. The van der Waals surface area contributed by atoms with Crippen molar-refractivity contribution >= 4 is 40.5 Å². The van der Waals surface area contributed by atoms with Gasteiger partial charge in [0.1, 0.15) is 5.82 Å². The lowest BCUT2D eigenvalue weighted by molar-refractivity contribution is -0.129. The van der Waals surface area contributed by atoms with Crippen molar-refractivity contribution < 1.29 is 13.9 Å². The van der Waals surface area contributed by atoms with Gasteiger partial charge >= 0.3 is 5.97 Å². The lowest BCUT2D eigenvalue weighted by Crippen LogP contribution is -2.07. The van der Waals surface area contributed by atoms with Gasteiger partial charge in [0, 0.05) is 3.57 Å². The molecular formula is C16H9FINO2. The molecule has 1 heterocycles. The monoisotopic (exact) mass is 393 g/mol. The highest BCUT2D eigenvalue weighted by molar-refractivity contribution is 14.1. The molecule has 0 aliphatic carbocycles. The zero-order chi connectivity index (χ0) is 14.8. The average molecular weight is 393 g/mol. The first kappa shape index (κ1) is 13.9. The van der Waals surface area contributed by atoms with Crippen LogP contribution in [0, 0.1) is 9.39 Å². The van der Waals surface area contributed by atoms with E-state index in [1.54, 1.807) is 18.2 Å². The Morgan fingerprint density at radius 3 is 2.71 bits per heavy atom. The average Bonchev–Trinajstić information content (AvgIpc) is 2.80. The molecule has 3 nitrogen and oxygen atoms in total. The molecule has 0 saturated heterocycles. The lowest BCUT2D eigenvalue weighted by atomic mass is 10.2. The van der Waals surface area contributed by atoms with Crippen LogP contribution >= 0.6 is 22.6 Å². The quantitative estimate of drug-likeness (QED) is 0.443. The summed E-state index contributed by atoms with van der Waals surface area (Å²) >= 11 is 2.18. The van der Waals surface area contributed by atoms with Gasteiger partial charge in [-0.25, -0.2) is 14.2 Å². The summed E-state index contributed by atoms with van der Waals surface area (Å²) in [4.78, 5) is 15.9. The molecule has 2 aromatic rings. The van der Waals surface area contributed by atoms with Crippen LogP contribution in [0.15, 0.2) is 59.2 Å². The van der Waals surface area contributed by atoms with Crippen LogP contribution in [0.5, 0.6) is 0 Å². The van der Waals surface area contributed by atoms with Crippen molar-refractivity contribution in [1.82, 2.24) is 0 Å². The van der Waals surface area contributed by atoms with E-state index in [-0.39, 0.29) is 17.2 Å². The molecule has 0 radical (unpaired) electrons. The molecule has 0 N–H and O–H groups in total. The van der Waals surface area contributed by atoms with E-state index < -0.39 is 11.8 Å². The molecule has 0 unspecified atom stereocenters. The Kier molecular flexibility index (Phi) is 3.83. The van der Waals surface area contributed by atoms with Gasteiger partial charge in [-0.3, -0.25) is 0 Å². The molecule has 1 aliphatic heterocycles. The molecule has 5 heteroatoms. The van der Waals surface area contributed by atoms with Gasteiger partial charge in [-0.15, -0.1) is 0 Å². The summed E-state index contributed by atoms with van der Waals surface area (Å²) in [6, 6.07) is 13.7. The van der Waals surface area contributed by atoms with Gasteiger partial charge in [-0.1, -0.05) is 24.3 Å². The van der Waals surface area contributed by atoms with E-state index in [0.29, 0.717) is 0 Å². The Hall–Kier alpha value is -2.02. The number of carbonyl (C=O) groups excluding carboxylic acids is 1. The summed E-state index contributed by atoms with van der Waals surface area (Å²) in [7, 11) is 0.